The van der Waals surface area contributed by atoms with Crippen LogP contribution in [0.2, 0.25) is 0 Å². The molecule has 1 rings (SSSR count). The van der Waals surface area contributed by atoms with Crippen molar-refractivity contribution in [1.29, 1.82) is 0 Å². The van der Waals surface area contributed by atoms with Crippen molar-refractivity contribution < 1.29 is 19.1 Å². The van der Waals surface area contributed by atoms with Crippen LogP contribution in [0.5, 0.6) is 0 Å². The van der Waals surface area contributed by atoms with Gasteiger partial charge in [-0.15, -0.1) is 4.89 Å². The summed E-state index contributed by atoms with van der Waals surface area (Å²) in [5, 5.41) is 9.48. The lowest BCUT2D eigenvalue weighted by Crippen LogP contribution is -2.32. The monoisotopic (exact) mass is 179 g/mol. The average Bonchev–Trinajstić information content (AvgIpc) is 1.85. The molecule has 1 atom stereocenters. The summed E-state index contributed by atoms with van der Waals surface area (Å²) in [4.78, 5) is 8.40. The van der Waals surface area contributed by atoms with Gasteiger partial charge in [0.25, 0.3) is 0 Å². The molecule has 0 amide bonds. The Labute approximate surface area is 66.1 Å². The summed E-state index contributed by atoms with van der Waals surface area (Å²) < 4.78 is 14.7. The first-order chi connectivity index (χ1) is 5.12. The quantitative estimate of drug-likeness (QED) is 0.495. The molecule has 64 valence electrons. The molecule has 5 heteroatoms. The Hall–Kier alpha value is -0.0200. The van der Waals surface area contributed by atoms with Crippen LogP contribution < -0.4 is 0 Å². The van der Waals surface area contributed by atoms with Crippen molar-refractivity contribution in [1.82, 2.24) is 0 Å². The second-order valence-corrected chi connectivity index (χ2v) is 3.49. The van der Waals surface area contributed by atoms with E-state index in [9.17, 15) is 9.67 Å². The van der Waals surface area contributed by atoms with Gasteiger partial charge in [-0.05, 0) is 12.8 Å². The highest BCUT2D eigenvalue weighted by Gasteiger charge is 2.39. The van der Waals surface area contributed by atoms with E-state index in [0.717, 1.165) is 19.3 Å². The molecule has 1 aliphatic carbocycles. The van der Waals surface area contributed by atoms with Crippen molar-refractivity contribution in [2.45, 2.75) is 37.9 Å². The fourth-order valence-corrected chi connectivity index (χ4v) is 1.81. The molecule has 0 aromatic heterocycles. The molecule has 0 aliphatic heterocycles. The lowest BCUT2D eigenvalue weighted by molar-refractivity contribution is -0.159. The molecule has 0 aromatic carbocycles. The molecule has 0 spiro atoms. The highest BCUT2D eigenvalue weighted by Crippen LogP contribution is 2.35. The number of hydrogen-bond donors (Lipinski definition) is 2. The first kappa shape index (κ1) is 9.07. The van der Waals surface area contributed by atoms with Crippen molar-refractivity contribution in [3.05, 3.63) is 0 Å². The largest absolute Gasteiger partial charge is 0.697 e. The molecule has 11 heavy (non-hydrogen) atoms. The minimum Gasteiger partial charge on any atom is -0.362 e. The minimum atomic E-state index is -2.67. The van der Waals surface area contributed by atoms with E-state index in [4.69, 9.17) is 4.89 Å². The maximum Gasteiger partial charge on any atom is 0.697 e. The second kappa shape index (κ2) is 3.59. The van der Waals surface area contributed by atoms with E-state index < -0.39 is 14.0 Å². The molecule has 1 aliphatic rings. The smallest absolute Gasteiger partial charge is 0.362 e. The zero-order chi connectivity index (χ0) is 8.32. The summed E-state index contributed by atoms with van der Waals surface area (Å²) in [7, 11) is -2.67. The van der Waals surface area contributed by atoms with Crippen molar-refractivity contribution in [3.63, 3.8) is 0 Å². The van der Waals surface area contributed by atoms with Gasteiger partial charge >= 0.3 is 8.25 Å². The molecule has 4 nitrogen and oxygen atoms in total. The molecule has 0 bridgehead atoms. The van der Waals surface area contributed by atoms with E-state index in [1.807, 2.05) is 0 Å². The van der Waals surface area contributed by atoms with Crippen LogP contribution in [-0.2, 0) is 9.09 Å². The second-order valence-electron chi connectivity index (χ2n) is 2.84. The zero-order valence-corrected chi connectivity index (χ0v) is 7.09. The molecule has 1 unspecified atom stereocenters. The Morgan fingerprint density at radius 1 is 1.27 bits per heavy atom. The van der Waals surface area contributed by atoms with E-state index in [0.29, 0.717) is 12.8 Å². The topological polar surface area (TPSA) is 66.8 Å². The first-order valence-electron chi connectivity index (χ1n) is 3.70. The third kappa shape index (κ3) is 2.83. The van der Waals surface area contributed by atoms with Gasteiger partial charge in [-0.1, -0.05) is 10.9 Å². The predicted molar refractivity (Wildman–Crippen MR) is 38.9 cm³/mol. The normalized spacial score (nSPS) is 24.7. The zero-order valence-electron chi connectivity index (χ0n) is 6.19. The maximum absolute atomic E-state index is 10.2. The Bertz CT molecular complexity index is 153. The van der Waals surface area contributed by atoms with Crippen LogP contribution in [0, 0.1) is 0 Å². The molecule has 0 heterocycles. The average molecular weight is 179 g/mol. The molecule has 2 N–H and O–H groups in total. The maximum atomic E-state index is 10.2. The fraction of sp³-hybridized carbons (Fsp3) is 1.00. The van der Waals surface area contributed by atoms with E-state index in [-0.39, 0.29) is 0 Å². The van der Waals surface area contributed by atoms with E-state index >= 15 is 0 Å². The van der Waals surface area contributed by atoms with Crippen LogP contribution in [0.15, 0.2) is 0 Å². The fourth-order valence-electron chi connectivity index (χ4n) is 1.34. The Morgan fingerprint density at radius 3 is 2.27 bits per heavy atom. The molecular formula is C6H12O4P+. The molecular weight excluding hydrogens is 167 g/mol. The third-order valence-electron chi connectivity index (χ3n) is 1.88. The SMILES string of the molecule is O=[P+](O)OC1(O)CCCCC1. The van der Waals surface area contributed by atoms with E-state index in [1.54, 1.807) is 0 Å². The summed E-state index contributed by atoms with van der Waals surface area (Å²) in [6, 6.07) is 0. The summed E-state index contributed by atoms with van der Waals surface area (Å²) in [5.41, 5.74) is 0. The van der Waals surface area contributed by atoms with Gasteiger partial charge in [-0.3, -0.25) is 0 Å². The lowest BCUT2D eigenvalue weighted by atomic mass is 9.95. The Morgan fingerprint density at radius 2 is 1.82 bits per heavy atom. The van der Waals surface area contributed by atoms with Gasteiger partial charge in [0.15, 0.2) is 0 Å². The third-order valence-corrected chi connectivity index (χ3v) is 2.38. The van der Waals surface area contributed by atoms with E-state index in [1.165, 1.54) is 0 Å². The minimum absolute atomic E-state index is 0.467. The van der Waals surface area contributed by atoms with Crippen LogP contribution in [0.25, 0.3) is 0 Å². The van der Waals surface area contributed by atoms with Gasteiger partial charge in [0.2, 0.25) is 5.79 Å². The lowest BCUT2D eigenvalue weighted by Gasteiger charge is -2.24. The van der Waals surface area contributed by atoms with Gasteiger partial charge in [0.1, 0.15) is 0 Å². The summed E-state index contributed by atoms with van der Waals surface area (Å²) in [6.07, 6.45) is 3.72. The summed E-state index contributed by atoms with van der Waals surface area (Å²) in [6.45, 7) is 0. The molecule has 0 saturated heterocycles. The van der Waals surface area contributed by atoms with Gasteiger partial charge in [-0.25, -0.2) is 0 Å². The molecule has 0 radical (unpaired) electrons. The van der Waals surface area contributed by atoms with Crippen LogP contribution >= 0.6 is 8.25 Å². The summed E-state index contributed by atoms with van der Waals surface area (Å²) in [5.74, 6) is -1.33. The van der Waals surface area contributed by atoms with Crippen LogP contribution in [0.3, 0.4) is 0 Å². The highest BCUT2D eigenvalue weighted by molar-refractivity contribution is 7.32. The number of aliphatic hydroxyl groups is 1. The van der Waals surface area contributed by atoms with Crippen molar-refractivity contribution >= 4 is 8.25 Å². The number of rotatable bonds is 2. The first-order valence-corrected chi connectivity index (χ1v) is 4.83. The standard InChI is InChI=1S/C6H11O4P/c7-6(10-11(8)9)4-2-1-3-5-6/h7H,1-5H2/p+1. The van der Waals surface area contributed by atoms with Crippen molar-refractivity contribution in [2.75, 3.05) is 0 Å². The predicted octanol–water partition coefficient (Wildman–Crippen LogP) is 1.31. The van der Waals surface area contributed by atoms with Gasteiger partial charge in [0, 0.05) is 17.4 Å². The van der Waals surface area contributed by atoms with Gasteiger partial charge in [-0.2, -0.15) is 0 Å². The van der Waals surface area contributed by atoms with Crippen LogP contribution in [-0.4, -0.2) is 15.8 Å². The molecule has 1 fully saturated rings. The van der Waals surface area contributed by atoms with Crippen molar-refractivity contribution in [3.8, 4) is 0 Å². The molecule has 1 saturated carbocycles. The Balaban J connectivity index is 2.43. The van der Waals surface area contributed by atoms with Crippen LogP contribution in [0.1, 0.15) is 32.1 Å². The van der Waals surface area contributed by atoms with Crippen LogP contribution in [0.4, 0.5) is 0 Å². The van der Waals surface area contributed by atoms with Gasteiger partial charge in [0.05, 0.1) is 0 Å². The molecule has 0 aromatic rings. The van der Waals surface area contributed by atoms with Gasteiger partial charge < -0.3 is 5.11 Å². The van der Waals surface area contributed by atoms with E-state index in [2.05, 4.69) is 4.52 Å². The Kier molecular flexibility index (Phi) is 2.96. The number of hydrogen-bond acceptors (Lipinski definition) is 3. The highest BCUT2D eigenvalue weighted by atomic mass is 31.1. The summed E-state index contributed by atoms with van der Waals surface area (Å²) >= 11 is 0. The van der Waals surface area contributed by atoms with Crippen molar-refractivity contribution in [2.24, 2.45) is 0 Å².